The van der Waals surface area contributed by atoms with Gasteiger partial charge in [0.1, 0.15) is 0 Å². The molecule has 11 heavy (non-hydrogen) atoms. The average Bonchev–Trinajstić information content (AvgIpc) is 2.34. The van der Waals surface area contributed by atoms with Crippen molar-refractivity contribution in [1.29, 1.82) is 0 Å². The maximum absolute atomic E-state index is 5.51. The number of nitrogens with two attached hydrogens (primary N) is 1. The average molecular weight is 167 g/mol. The molecular formula is C7H7BClNO. The van der Waals surface area contributed by atoms with Crippen LogP contribution in [0.25, 0.3) is 10.7 Å². The van der Waals surface area contributed by atoms with E-state index in [1.165, 1.54) is 0 Å². The van der Waals surface area contributed by atoms with E-state index in [1.807, 2.05) is 24.3 Å². The molecule has 0 atom stereocenters. The minimum absolute atomic E-state index is 0. The third-order valence-corrected chi connectivity index (χ3v) is 1.54. The van der Waals surface area contributed by atoms with Crippen LogP contribution in [0.3, 0.4) is 0 Å². The Hall–Kier alpha value is -0.955. The number of rotatable bonds is 0. The van der Waals surface area contributed by atoms with Crippen LogP contribution in [0.2, 0.25) is 0 Å². The second-order valence-electron chi connectivity index (χ2n) is 2.19. The topological polar surface area (TPSA) is 39.2 Å². The molecule has 0 aliphatic rings. The van der Waals surface area contributed by atoms with Crippen molar-refractivity contribution in [2.45, 2.75) is 0 Å². The molecule has 2 N–H and O–H groups in total. The van der Waals surface area contributed by atoms with Gasteiger partial charge in [0, 0.05) is 0 Å². The summed E-state index contributed by atoms with van der Waals surface area (Å²) in [5.74, 6) is 0.496. The number of fused-ring (bicyclic) bond motifs is 1. The SMILES string of the molecule is Cl.Nc1obc2ccccc12. The third kappa shape index (κ3) is 1.24. The Morgan fingerprint density at radius 2 is 2.00 bits per heavy atom. The summed E-state index contributed by atoms with van der Waals surface area (Å²) in [6.07, 6.45) is 0. The standard InChI is InChI=1S/C7H6BNO.ClH/c9-7-5-3-1-2-4-6(5)8-10-7;/h1-4H,9H2;1H. The molecule has 1 aromatic heterocycles. The molecule has 0 amide bonds. The van der Waals surface area contributed by atoms with E-state index in [0.717, 1.165) is 10.7 Å². The summed E-state index contributed by atoms with van der Waals surface area (Å²) in [5.41, 5.74) is 5.51. The van der Waals surface area contributed by atoms with Gasteiger partial charge >= 0.3 is 58.0 Å². The number of nitrogen functional groups attached to an aromatic ring is 1. The summed E-state index contributed by atoms with van der Waals surface area (Å²) in [6.45, 7) is 0. The molecule has 0 radical (unpaired) electrons. The van der Waals surface area contributed by atoms with Crippen molar-refractivity contribution in [1.82, 2.24) is 0 Å². The van der Waals surface area contributed by atoms with Gasteiger partial charge in [0.05, 0.1) is 0 Å². The molecule has 0 aliphatic carbocycles. The quantitative estimate of drug-likeness (QED) is 0.649. The van der Waals surface area contributed by atoms with Crippen LogP contribution in [0.5, 0.6) is 0 Å². The second-order valence-corrected chi connectivity index (χ2v) is 2.19. The molecule has 0 spiro atoms. The van der Waals surface area contributed by atoms with E-state index in [1.54, 1.807) is 7.13 Å². The Labute approximate surface area is 71.0 Å². The van der Waals surface area contributed by atoms with Crippen LogP contribution >= 0.6 is 12.4 Å². The first-order chi connectivity index (χ1) is 4.88. The van der Waals surface area contributed by atoms with Crippen molar-refractivity contribution in [3.63, 3.8) is 0 Å². The summed E-state index contributed by atoms with van der Waals surface area (Å²) in [4.78, 5) is 0. The molecule has 2 nitrogen and oxygen atoms in total. The van der Waals surface area contributed by atoms with Crippen LogP contribution in [-0.4, -0.2) is 7.13 Å². The van der Waals surface area contributed by atoms with Gasteiger partial charge < -0.3 is 0 Å². The van der Waals surface area contributed by atoms with Crippen LogP contribution in [0.4, 0.5) is 5.88 Å². The number of benzene rings is 1. The Balaban J connectivity index is 0.000000605. The number of hydrogen-bond donors (Lipinski definition) is 1. The van der Waals surface area contributed by atoms with Gasteiger partial charge in [-0.3, -0.25) is 0 Å². The molecule has 0 saturated heterocycles. The molecule has 4 heteroatoms. The summed E-state index contributed by atoms with van der Waals surface area (Å²) < 4.78 is 4.99. The Morgan fingerprint density at radius 1 is 1.27 bits per heavy atom. The van der Waals surface area contributed by atoms with Crippen LogP contribution in [0.15, 0.2) is 28.6 Å². The van der Waals surface area contributed by atoms with Crippen LogP contribution in [0.1, 0.15) is 0 Å². The van der Waals surface area contributed by atoms with Crippen molar-refractivity contribution in [3.8, 4) is 0 Å². The Morgan fingerprint density at radius 3 is 2.73 bits per heavy atom. The summed E-state index contributed by atoms with van der Waals surface area (Å²) in [6, 6.07) is 7.80. The number of halogens is 1. The molecule has 0 saturated carbocycles. The van der Waals surface area contributed by atoms with Gasteiger partial charge in [-0.1, -0.05) is 0 Å². The zero-order chi connectivity index (χ0) is 6.97. The molecule has 0 fully saturated rings. The molecule has 1 heterocycles. The van der Waals surface area contributed by atoms with Crippen LogP contribution in [-0.2, 0) is 0 Å². The van der Waals surface area contributed by atoms with E-state index >= 15 is 0 Å². The van der Waals surface area contributed by atoms with Crippen molar-refractivity contribution >= 4 is 36.1 Å². The number of anilines is 1. The molecule has 0 unspecified atom stereocenters. The molecule has 0 bridgehead atoms. The Kier molecular flexibility index (Phi) is 2.20. The maximum atomic E-state index is 5.51. The summed E-state index contributed by atoms with van der Waals surface area (Å²) in [7, 11) is 1.66. The fourth-order valence-corrected chi connectivity index (χ4v) is 1.01. The fraction of sp³-hybridized carbons (Fsp3) is 0. The van der Waals surface area contributed by atoms with Gasteiger partial charge in [0.2, 0.25) is 0 Å². The van der Waals surface area contributed by atoms with Gasteiger partial charge in [-0.2, -0.15) is 0 Å². The van der Waals surface area contributed by atoms with Crippen LogP contribution < -0.4 is 5.73 Å². The first-order valence-corrected chi connectivity index (χ1v) is 3.09. The van der Waals surface area contributed by atoms with Gasteiger partial charge in [0.25, 0.3) is 0 Å². The molecule has 0 aliphatic heterocycles. The third-order valence-electron chi connectivity index (χ3n) is 1.54. The number of hydrogen-bond acceptors (Lipinski definition) is 2. The minimum atomic E-state index is 0. The van der Waals surface area contributed by atoms with Gasteiger partial charge in [-0.15, -0.1) is 12.4 Å². The monoisotopic (exact) mass is 167 g/mol. The second kappa shape index (κ2) is 2.97. The first-order valence-electron chi connectivity index (χ1n) is 3.09. The normalized spacial score (nSPS) is 9.09. The van der Waals surface area contributed by atoms with Crippen molar-refractivity contribution in [3.05, 3.63) is 24.3 Å². The first kappa shape index (κ1) is 8.14. The van der Waals surface area contributed by atoms with Gasteiger partial charge in [-0.25, -0.2) is 0 Å². The van der Waals surface area contributed by atoms with E-state index < -0.39 is 0 Å². The predicted molar refractivity (Wildman–Crippen MR) is 49.2 cm³/mol. The van der Waals surface area contributed by atoms with E-state index in [2.05, 4.69) is 0 Å². The van der Waals surface area contributed by atoms with Crippen LogP contribution in [0, 0.1) is 0 Å². The zero-order valence-corrected chi connectivity index (χ0v) is 6.60. The van der Waals surface area contributed by atoms with E-state index in [9.17, 15) is 0 Å². The van der Waals surface area contributed by atoms with E-state index in [-0.39, 0.29) is 12.4 Å². The zero-order valence-electron chi connectivity index (χ0n) is 5.78. The van der Waals surface area contributed by atoms with E-state index in [0.29, 0.717) is 5.88 Å². The van der Waals surface area contributed by atoms with E-state index in [4.69, 9.17) is 10.1 Å². The molecular weight excluding hydrogens is 160 g/mol. The van der Waals surface area contributed by atoms with Crippen molar-refractivity contribution in [2.75, 3.05) is 5.73 Å². The molecule has 2 rings (SSSR count). The van der Waals surface area contributed by atoms with Gasteiger partial charge in [0.15, 0.2) is 0 Å². The summed E-state index contributed by atoms with van der Waals surface area (Å²) in [5, 5.41) is 2.04. The summed E-state index contributed by atoms with van der Waals surface area (Å²) >= 11 is 0. The van der Waals surface area contributed by atoms with Crippen molar-refractivity contribution in [2.24, 2.45) is 0 Å². The molecule has 56 valence electrons. The van der Waals surface area contributed by atoms with Crippen molar-refractivity contribution < 1.29 is 4.33 Å². The Bertz CT molecular complexity index is 360. The molecule has 1 aromatic carbocycles. The fourth-order valence-electron chi connectivity index (χ4n) is 1.01. The van der Waals surface area contributed by atoms with Gasteiger partial charge in [-0.05, 0) is 0 Å². The predicted octanol–water partition coefficient (Wildman–Crippen LogP) is 1.77. The molecule has 2 aromatic rings.